The summed E-state index contributed by atoms with van der Waals surface area (Å²) < 4.78 is 0. The number of nitrogens with two attached hydrogens (primary N) is 2. The minimum atomic E-state index is -0.471. The third-order valence-corrected chi connectivity index (χ3v) is 8.83. The van der Waals surface area contributed by atoms with Crippen LogP contribution in [-0.4, -0.2) is 31.8 Å². The molecule has 1 spiro atoms. The number of aryl methyl sites for hydroxylation is 1. The van der Waals surface area contributed by atoms with Gasteiger partial charge in [0, 0.05) is 34.2 Å². The SMILES string of the molecule is CCc1c(N)nc(C2CCC3(CC2)NC(=O)c2c(C)cc(Nc4ncnc(N)c4CC)cc23)nc1NC(=O)C1CC1. The van der Waals surface area contributed by atoms with Crippen LogP contribution in [0.5, 0.6) is 0 Å². The van der Waals surface area contributed by atoms with E-state index in [-0.39, 0.29) is 23.7 Å². The summed E-state index contributed by atoms with van der Waals surface area (Å²) >= 11 is 0. The van der Waals surface area contributed by atoms with Crippen molar-refractivity contribution in [2.75, 3.05) is 22.1 Å². The maximum atomic E-state index is 13.2. The topological polar surface area (TPSA) is 174 Å². The molecule has 7 N–H and O–H groups in total. The van der Waals surface area contributed by atoms with Crippen LogP contribution in [0.15, 0.2) is 18.5 Å². The number of anilines is 5. The third kappa shape index (κ3) is 4.83. The van der Waals surface area contributed by atoms with Crippen molar-refractivity contribution in [1.29, 1.82) is 0 Å². The Balaban J connectivity index is 1.26. The Morgan fingerprint density at radius 2 is 1.71 bits per heavy atom. The number of carbonyl (C=O) groups excluding carboxylic acids is 2. The number of nitrogen functional groups attached to an aromatic ring is 2. The maximum Gasteiger partial charge on any atom is 0.252 e. The van der Waals surface area contributed by atoms with Crippen molar-refractivity contribution in [2.24, 2.45) is 5.92 Å². The van der Waals surface area contributed by atoms with Gasteiger partial charge in [0.15, 0.2) is 0 Å². The predicted molar refractivity (Wildman–Crippen MR) is 158 cm³/mol. The lowest BCUT2D eigenvalue weighted by molar-refractivity contribution is -0.117. The number of nitrogens with one attached hydrogen (secondary N) is 3. The van der Waals surface area contributed by atoms with E-state index in [1.807, 2.05) is 26.8 Å². The van der Waals surface area contributed by atoms with Crippen molar-refractivity contribution < 1.29 is 9.59 Å². The van der Waals surface area contributed by atoms with Gasteiger partial charge in [0.25, 0.3) is 5.91 Å². The van der Waals surface area contributed by atoms with Crippen molar-refractivity contribution >= 4 is 40.8 Å². The van der Waals surface area contributed by atoms with Gasteiger partial charge in [-0.1, -0.05) is 13.8 Å². The molecule has 3 aromatic rings. The van der Waals surface area contributed by atoms with E-state index in [9.17, 15) is 9.59 Å². The number of rotatable bonds is 7. The summed E-state index contributed by atoms with van der Waals surface area (Å²) in [7, 11) is 0. The van der Waals surface area contributed by atoms with Crippen LogP contribution in [0.1, 0.15) is 96.7 Å². The first-order valence-corrected chi connectivity index (χ1v) is 14.5. The van der Waals surface area contributed by atoms with Gasteiger partial charge in [0.2, 0.25) is 5.91 Å². The van der Waals surface area contributed by atoms with Crippen LogP contribution in [0.25, 0.3) is 0 Å². The average molecular weight is 556 g/mol. The highest BCUT2D eigenvalue weighted by Gasteiger charge is 2.46. The highest BCUT2D eigenvalue weighted by molar-refractivity contribution is 6.02. The number of benzene rings is 1. The average Bonchev–Trinajstić information content (AvgIpc) is 3.75. The van der Waals surface area contributed by atoms with Gasteiger partial charge in [-0.15, -0.1) is 0 Å². The Labute approximate surface area is 239 Å². The first-order chi connectivity index (χ1) is 19.7. The fraction of sp³-hybridized carbons (Fsp3) is 0.467. The van der Waals surface area contributed by atoms with E-state index >= 15 is 0 Å². The zero-order valence-electron chi connectivity index (χ0n) is 23.8. The van der Waals surface area contributed by atoms with Crippen molar-refractivity contribution in [3.63, 3.8) is 0 Å². The summed E-state index contributed by atoms with van der Waals surface area (Å²) in [6, 6.07) is 4.04. The Hall–Kier alpha value is -4.28. The molecule has 2 saturated carbocycles. The van der Waals surface area contributed by atoms with Crippen molar-refractivity contribution in [1.82, 2.24) is 25.3 Å². The number of hydrogen-bond acceptors (Lipinski definition) is 9. The second-order valence-corrected chi connectivity index (χ2v) is 11.5. The summed E-state index contributed by atoms with van der Waals surface area (Å²) in [5, 5.41) is 9.74. The van der Waals surface area contributed by atoms with Gasteiger partial charge in [-0.3, -0.25) is 9.59 Å². The molecule has 1 aliphatic heterocycles. The number of carbonyl (C=O) groups is 2. The Morgan fingerprint density at radius 1 is 1.00 bits per heavy atom. The number of nitrogens with zero attached hydrogens (tertiary/aromatic N) is 4. The lowest BCUT2D eigenvalue weighted by Crippen LogP contribution is -2.42. The highest BCUT2D eigenvalue weighted by atomic mass is 16.2. The normalized spacial score (nSPS) is 21.4. The fourth-order valence-electron chi connectivity index (χ4n) is 6.39. The summed E-state index contributed by atoms with van der Waals surface area (Å²) in [5.74, 6) is 2.86. The molecule has 2 aromatic heterocycles. The molecule has 41 heavy (non-hydrogen) atoms. The van der Waals surface area contributed by atoms with Crippen molar-refractivity contribution in [3.8, 4) is 0 Å². The molecule has 1 aromatic carbocycles. The number of fused-ring (bicyclic) bond motifs is 2. The molecule has 0 atom stereocenters. The van der Waals surface area contributed by atoms with E-state index in [0.29, 0.717) is 41.9 Å². The van der Waals surface area contributed by atoms with E-state index in [1.54, 1.807) is 0 Å². The third-order valence-electron chi connectivity index (χ3n) is 8.83. The molecular formula is C30H37N9O2. The minimum absolute atomic E-state index is 0.00659. The van der Waals surface area contributed by atoms with Crippen molar-refractivity contribution in [2.45, 2.75) is 83.6 Å². The summed E-state index contributed by atoms with van der Waals surface area (Å²) in [6.07, 6.45) is 7.66. The zero-order chi connectivity index (χ0) is 28.9. The minimum Gasteiger partial charge on any atom is -0.383 e. The molecule has 214 valence electrons. The summed E-state index contributed by atoms with van der Waals surface area (Å²) in [4.78, 5) is 43.7. The summed E-state index contributed by atoms with van der Waals surface area (Å²) in [5.41, 5.74) is 17.1. The first kappa shape index (κ1) is 26.9. The van der Waals surface area contributed by atoms with Crippen LogP contribution in [-0.2, 0) is 23.2 Å². The van der Waals surface area contributed by atoms with Gasteiger partial charge >= 0.3 is 0 Å². The van der Waals surface area contributed by atoms with Crippen molar-refractivity contribution in [3.05, 3.63) is 52.1 Å². The van der Waals surface area contributed by atoms with Gasteiger partial charge in [-0.25, -0.2) is 19.9 Å². The largest absolute Gasteiger partial charge is 0.383 e. The molecule has 3 aliphatic rings. The number of aromatic nitrogens is 4. The molecule has 11 nitrogen and oxygen atoms in total. The Kier molecular flexibility index (Phi) is 6.75. The molecule has 6 rings (SSSR count). The van der Waals surface area contributed by atoms with Crippen LogP contribution in [0, 0.1) is 12.8 Å². The summed E-state index contributed by atoms with van der Waals surface area (Å²) in [6.45, 7) is 5.97. The molecule has 2 aliphatic carbocycles. The van der Waals surface area contributed by atoms with Gasteiger partial charge in [-0.2, -0.15) is 0 Å². The van der Waals surface area contributed by atoms with E-state index in [2.05, 4.69) is 37.0 Å². The fourth-order valence-corrected chi connectivity index (χ4v) is 6.39. The Bertz CT molecular complexity index is 1540. The standard InChI is InChI=1S/C30H37N9O2/c1-4-19-23(31)33-14-34-26(19)35-18-12-15(3)22-21(13-18)30(39-29(22)41)10-8-16(9-11-30)25-36-24(32)20(5-2)27(37-25)38-28(40)17-6-7-17/h12-14,16-17H,4-11H2,1-3H3,(H,39,41)(H3,31,33,34,35)(H3,32,36,37,38,40). The predicted octanol–water partition coefficient (Wildman–Crippen LogP) is 4.25. The van der Waals surface area contributed by atoms with Gasteiger partial charge in [0.1, 0.15) is 35.4 Å². The zero-order valence-corrected chi connectivity index (χ0v) is 23.8. The molecule has 0 radical (unpaired) electrons. The molecular weight excluding hydrogens is 518 g/mol. The van der Waals surface area contributed by atoms with Crippen LogP contribution < -0.4 is 27.4 Å². The Morgan fingerprint density at radius 3 is 2.39 bits per heavy atom. The van der Waals surface area contributed by atoms with Crippen LogP contribution >= 0.6 is 0 Å². The molecule has 2 amide bonds. The molecule has 3 heterocycles. The second-order valence-electron chi connectivity index (χ2n) is 11.5. The van der Waals surface area contributed by atoms with Crippen LogP contribution in [0.2, 0.25) is 0 Å². The monoisotopic (exact) mass is 555 g/mol. The number of amides is 2. The van der Waals surface area contributed by atoms with Crippen LogP contribution in [0.3, 0.4) is 0 Å². The first-order valence-electron chi connectivity index (χ1n) is 14.5. The second kappa shape index (κ2) is 10.3. The van der Waals surface area contributed by atoms with E-state index in [0.717, 1.165) is 72.0 Å². The van der Waals surface area contributed by atoms with Gasteiger partial charge < -0.3 is 27.4 Å². The van der Waals surface area contributed by atoms with E-state index < -0.39 is 5.54 Å². The van der Waals surface area contributed by atoms with Gasteiger partial charge in [0.05, 0.1) is 5.54 Å². The molecule has 0 bridgehead atoms. The maximum absolute atomic E-state index is 13.2. The van der Waals surface area contributed by atoms with Crippen LogP contribution in [0.4, 0.5) is 29.0 Å². The molecule has 0 saturated heterocycles. The quantitative estimate of drug-likeness (QED) is 0.285. The van der Waals surface area contributed by atoms with E-state index in [4.69, 9.17) is 16.5 Å². The highest BCUT2D eigenvalue weighted by Crippen LogP contribution is 2.48. The van der Waals surface area contributed by atoms with Gasteiger partial charge in [-0.05, 0) is 81.5 Å². The molecule has 0 unspecified atom stereocenters. The lowest BCUT2D eigenvalue weighted by Gasteiger charge is -2.37. The smallest absolute Gasteiger partial charge is 0.252 e. The molecule has 11 heteroatoms. The van der Waals surface area contributed by atoms with E-state index in [1.165, 1.54) is 6.33 Å². The molecule has 2 fully saturated rings. The lowest BCUT2D eigenvalue weighted by atomic mass is 9.72. The number of hydrogen-bond donors (Lipinski definition) is 5.